The van der Waals surface area contributed by atoms with Gasteiger partial charge in [-0.15, -0.1) is 0 Å². The Morgan fingerprint density at radius 3 is 2.47 bits per heavy atom. The largest absolute Gasteiger partial charge is 0.331 e. The maximum absolute atomic E-state index is 12.3. The number of rotatable bonds is 1. The zero-order chi connectivity index (χ0) is 12.2. The van der Waals surface area contributed by atoms with Crippen LogP contribution in [0, 0.1) is 11.3 Å². The number of carbonyl (C=O) groups excluding carboxylic acids is 3. The summed E-state index contributed by atoms with van der Waals surface area (Å²) in [6.07, 6.45) is 3.95. The number of urea groups is 1. The first-order valence-corrected chi connectivity index (χ1v) is 6.24. The van der Waals surface area contributed by atoms with Gasteiger partial charge in [0.2, 0.25) is 11.8 Å². The lowest BCUT2D eigenvalue weighted by molar-refractivity contribution is -0.146. The van der Waals surface area contributed by atoms with Crippen molar-refractivity contribution in [2.24, 2.45) is 11.3 Å². The third-order valence-corrected chi connectivity index (χ3v) is 4.28. The van der Waals surface area contributed by atoms with Gasteiger partial charge in [0.1, 0.15) is 5.41 Å². The number of hydrogen-bond donors (Lipinski definition) is 1. The Morgan fingerprint density at radius 2 is 1.94 bits per heavy atom. The monoisotopic (exact) mass is 236 g/mol. The van der Waals surface area contributed by atoms with Crippen LogP contribution in [-0.4, -0.2) is 28.8 Å². The minimum absolute atomic E-state index is 0.0110. The van der Waals surface area contributed by atoms with Gasteiger partial charge in [-0.05, 0) is 38.0 Å². The molecule has 3 rings (SSSR count). The molecule has 1 aliphatic heterocycles. The van der Waals surface area contributed by atoms with Gasteiger partial charge >= 0.3 is 6.03 Å². The second kappa shape index (κ2) is 3.31. The standard InChI is InChI=1S/C12H16N2O3/c1-7-2-3-8(6-7)14-10(16)12(4-5-12)9(15)13-11(14)17/h7-8H,2-6H2,1H3,(H,13,15,17). The van der Waals surface area contributed by atoms with Crippen molar-refractivity contribution in [3.8, 4) is 0 Å². The molecule has 0 bridgehead atoms. The second-order valence-corrected chi connectivity index (χ2v) is 5.59. The Balaban J connectivity index is 1.86. The Hall–Kier alpha value is -1.39. The van der Waals surface area contributed by atoms with Crippen LogP contribution in [0.3, 0.4) is 0 Å². The zero-order valence-electron chi connectivity index (χ0n) is 9.86. The van der Waals surface area contributed by atoms with Crippen molar-refractivity contribution in [2.45, 2.75) is 45.1 Å². The summed E-state index contributed by atoms with van der Waals surface area (Å²) in [5, 5.41) is 2.33. The van der Waals surface area contributed by atoms with Crippen LogP contribution in [0.1, 0.15) is 39.0 Å². The van der Waals surface area contributed by atoms with Crippen LogP contribution in [0.2, 0.25) is 0 Å². The number of nitrogens with zero attached hydrogens (tertiary/aromatic N) is 1. The van der Waals surface area contributed by atoms with Crippen molar-refractivity contribution in [1.29, 1.82) is 0 Å². The van der Waals surface area contributed by atoms with Gasteiger partial charge in [-0.1, -0.05) is 6.92 Å². The summed E-state index contributed by atoms with van der Waals surface area (Å²) in [6, 6.07) is -0.528. The highest BCUT2D eigenvalue weighted by Crippen LogP contribution is 2.50. The summed E-state index contributed by atoms with van der Waals surface area (Å²) < 4.78 is 0. The Labute approximate surface area is 99.5 Å². The molecule has 4 amide bonds. The van der Waals surface area contributed by atoms with E-state index in [1.165, 1.54) is 4.90 Å². The van der Waals surface area contributed by atoms with Crippen LogP contribution in [0.15, 0.2) is 0 Å². The SMILES string of the molecule is CC1CCC(N2C(=O)NC(=O)C3(CC3)C2=O)C1. The van der Waals surface area contributed by atoms with E-state index in [0.29, 0.717) is 18.8 Å². The normalized spacial score (nSPS) is 35.4. The maximum atomic E-state index is 12.3. The van der Waals surface area contributed by atoms with Crippen LogP contribution in [0.4, 0.5) is 4.79 Å². The molecule has 92 valence electrons. The van der Waals surface area contributed by atoms with Crippen molar-refractivity contribution in [3.63, 3.8) is 0 Å². The van der Waals surface area contributed by atoms with Crippen LogP contribution >= 0.6 is 0 Å². The van der Waals surface area contributed by atoms with Crippen molar-refractivity contribution in [2.75, 3.05) is 0 Å². The van der Waals surface area contributed by atoms with E-state index in [2.05, 4.69) is 12.2 Å². The first-order chi connectivity index (χ1) is 8.04. The van der Waals surface area contributed by atoms with E-state index in [9.17, 15) is 14.4 Å². The van der Waals surface area contributed by atoms with E-state index in [4.69, 9.17) is 0 Å². The summed E-state index contributed by atoms with van der Waals surface area (Å²) in [6.45, 7) is 2.13. The van der Waals surface area contributed by atoms with Gasteiger partial charge in [-0.2, -0.15) is 0 Å². The number of amides is 4. The maximum Gasteiger partial charge on any atom is 0.331 e. The van der Waals surface area contributed by atoms with Crippen molar-refractivity contribution in [3.05, 3.63) is 0 Å². The summed E-state index contributed by atoms with van der Waals surface area (Å²) in [4.78, 5) is 37.0. The Bertz CT molecular complexity index is 414. The van der Waals surface area contributed by atoms with E-state index in [1.54, 1.807) is 0 Å². The van der Waals surface area contributed by atoms with E-state index in [-0.39, 0.29) is 11.9 Å². The summed E-state index contributed by atoms with van der Waals surface area (Å²) >= 11 is 0. The highest BCUT2D eigenvalue weighted by molar-refractivity contribution is 6.21. The fraction of sp³-hybridized carbons (Fsp3) is 0.750. The van der Waals surface area contributed by atoms with Gasteiger partial charge in [-0.3, -0.25) is 19.8 Å². The topological polar surface area (TPSA) is 66.5 Å². The molecule has 2 unspecified atom stereocenters. The molecule has 2 aliphatic carbocycles. The molecule has 3 fully saturated rings. The lowest BCUT2D eigenvalue weighted by Gasteiger charge is -2.34. The average molecular weight is 236 g/mol. The van der Waals surface area contributed by atoms with Crippen molar-refractivity contribution >= 4 is 17.8 Å². The minimum atomic E-state index is -0.889. The van der Waals surface area contributed by atoms with Gasteiger partial charge in [0.25, 0.3) is 0 Å². The number of carbonyl (C=O) groups is 3. The highest BCUT2D eigenvalue weighted by atomic mass is 16.2. The van der Waals surface area contributed by atoms with Crippen LogP contribution in [0.25, 0.3) is 0 Å². The van der Waals surface area contributed by atoms with E-state index in [0.717, 1.165) is 19.3 Å². The molecule has 3 aliphatic rings. The quantitative estimate of drug-likeness (QED) is 0.691. The summed E-state index contributed by atoms with van der Waals surface area (Å²) in [5.41, 5.74) is -0.889. The average Bonchev–Trinajstić information content (AvgIpc) is 2.96. The molecule has 5 heteroatoms. The van der Waals surface area contributed by atoms with E-state index in [1.807, 2.05) is 0 Å². The smallest absolute Gasteiger partial charge is 0.277 e. The minimum Gasteiger partial charge on any atom is -0.277 e. The number of imide groups is 2. The third kappa shape index (κ3) is 1.41. The predicted molar refractivity (Wildman–Crippen MR) is 58.9 cm³/mol. The van der Waals surface area contributed by atoms with Crippen LogP contribution < -0.4 is 5.32 Å². The lowest BCUT2D eigenvalue weighted by atomic mass is 10.00. The molecule has 0 aromatic heterocycles. The molecule has 0 aromatic rings. The van der Waals surface area contributed by atoms with Crippen molar-refractivity contribution in [1.82, 2.24) is 10.2 Å². The highest BCUT2D eigenvalue weighted by Gasteiger charge is 2.63. The van der Waals surface area contributed by atoms with E-state index < -0.39 is 17.4 Å². The molecule has 2 atom stereocenters. The predicted octanol–water partition coefficient (Wildman–Crippen LogP) is 1.03. The molecule has 0 aromatic carbocycles. The third-order valence-electron chi connectivity index (χ3n) is 4.28. The van der Waals surface area contributed by atoms with Crippen molar-refractivity contribution < 1.29 is 14.4 Å². The van der Waals surface area contributed by atoms with Gasteiger partial charge in [0.15, 0.2) is 0 Å². The second-order valence-electron chi connectivity index (χ2n) is 5.59. The molecule has 5 nitrogen and oxygen atoms in total. The fourth-order valence-electron chi connectivity index (χ4n) is 3.01. The Morgan fingerprint density at radius 1 is 1.24 bits per heavy atom. The van der Waals surface area contributed by atoms with Gasteiger partial charge in [-0.25, -0.2) is 4.79 Å². The zero-order valence-corrected chi connectivity index (χ0v) is 9.86. The van der Waals surface area contributed by atoms with Crippen LogP contribution in [0.5, 0.6) is 0 Å². The van der Waals surface area contributed by atoms with Gasteiger partial charge in [0, 0.05) is 6.04 Å². The first-order valence-electron chi connectivity index (χ1n) is 6.24. The Kier molecular flexibility index (Phi) is 2.09. The van der Waals surface area contributed by atoms with Crippen LogP contribution in [-0.2, 0) is 9.59 Å². The molecule has 17 heavy (non-hydrogen) atoms. The molecule has 1 heterocycles. The lowest BCUT2D eigenvalue weighted by Crippen LogP contribution is -2.61. The number of barbiturate groups is 1. The molecular weight excluding hydrogens is 220 g/mol. The molecule has 1 N–H and O–H groups in total. The molecule has 1 saturated heterocycles. The van der Waals surface area contributed by atoms with Gasteiger partial charge < -0.3 is 0 Å². The molecule has 0 radical (unpaired) electrons. The summed E-state index contributed by atoms with van der Waals surface area (Å²) in [7, 11) is 0. The van der Waals surface area contributed by atoms with E-state index >= 15 is 0 Å². The van der Waals surface area contributed by atoms with Gasteiger partial charge in [0.05, 0.1) is 0 Å². The molecule has 1 spiro atoms. The number of hydrogen-bond acceptors (Lipinski definition) is 3. The number of nitrogens with one attached hydrogen (secondary N) is 1. The first kappa shape index (κ1) is 10.7. The molecule has 2 saturated carbocycles. The molecular formula is C12H16N2O3. The summed E-state index contributed by atoms with van der Waals surface area (Å²) in [5.74, 6) is -0.103. The fourth-order valence-corrected chi connectivity index (χ4v) is 3.01.